The minimum Gasteiger partial charge on any atom is -0.377 e. The van der Waals surface area contributed by atoms with E-state index in [0.29, 0.717) is 44.6 Å². The van der Waals surface area contributed by atoms with Gasteiger partial charge in [-0.05, 0) is 24.5 Å². The van der Waals surface area contributed by atoms with Gasteiger partial charge in [0.25, 0.3) is 5.56 Å². The molecule has 14 heteroatoms. The van der Waals surface area contributed by atoms with Crippen molar-refractivity contribution in [2.45, 2.75) is 50.1 Å². The third kappa shape index (κ3) is 6.40. The summed E-state index contributed by atoms with van der Waals surface area (Å²) in [6.07, 6.45) is -4.83. The number of aromatic nitrogens is 3. The van der Waals surface area contributed by atoms with Gasteiger partial charge in [0, 0.05) is 50.7 Å². The molecule has 2 aliphatic rings. The van der Waals surface area contributed by atoms with E-state index in [-0.39, 0.29) is 36.9 Å². The third-order valence-electron chi connectivity index (χ3n) is 6.64. The highest BCUT2D eigenvalue weighted by atomic mass is 19.4. The van der Waals surface area contributed by atoms with Gasteiger partial charge in [0.05, 0.1) is 24.7 Å². The number of amides is 1. The summed E-state index contributed by atoms with van der Waals surface area (Å²) in [4.78, 5) is 37.2. The molecule has 0 bridgehead atoms. The molecule has 2 aromatic rings. The first-order valence-electron chi connectivity index (χ1n) is 11.8. The summed E-state index contributed by atoms with van der Waals surface area (Å²) in [6.45, 7) is 1.49. The lowest BCUT2D eigenvalue weighted by molar-refractivity contribution is -0.139. The Morgan fingerprint density at radius 1 is 1.03 bits per heavy atom. The van der Waals surface area contributed by atoms with Gasteiger partial charge in [-0.15, -0.1) is 0 Å². The minimum absolute atomic E-state index is 0.0828. The molecule has 37 heavy (non-hydrogen) atoms. The Labute approximate surface area is 207 Å². The van der Waals surface area contributed by atoms with E-state index in [1.54, 1.807) is 9.80 Å². The fourth-order valence-electron chi connectivity index (χ4n) is 4.67. The summed E-state index contributed by atoms with van der Waals surface area (Å²) in [6, 6.07) is 0.871. The molecule has 0 radical (unpaired) electrons. The smallest absolute Gasteiger partial charge is 0.377 e. The van der Waals surface area contributed by atoms with Crippen LogP contribution in [0.2, 0.25) is 0 Å². The molecule has 2 atom stereocenters. The number of H-pyrrole nitrogens is 1. The standard InChI is InChI=1S/C23H25F6N5O3/c24-22(25,26)15-12-31-21(32-13-15)34-7-5-33(6-8-34)19(35)4-9-37-18-3-1-2-16(18)14-10-17(23(27,28)29)20(36)30-11-14/h10-13,16,18H,1-9H2,(H,30,36)/t16?,18-/m0/s1. The summed E-state index contributed by atoms with van der Waals surface area (Å²) in [5.41, 5.74) is -3.02. The normalized spacial score (nSPS) is 20.9. The summed E-state index contributed by atoms with van der Waals surface area (Å²) in [7, 11) is 0. The van der Waals surface area contributed by atoms with Crippen molar-refractivity contribution in [3.05, 3.63) is 51.7 Å². The number of rotatable bonds is 6. The highest BCUT2D eigenvalue weighted by molar-refractivity contribution is 5.76. The van der Waals surface area contributed by atoms with E-state index >= 15 is 0 Å². The number of nitrogens with zero attached hydrogens (tertiary/aromatic N) is 4. The Morgan fingerprint density at radius 3 is 2.32 bits per heavy atom. The van der Waals surface area contributed by atoms with Crippen LogP contribution in [0.1, 0.15) is 48.3 Å². The lowest BCUT2D eigenvalue weighted by Crippen LogP contribution is -2.49. The van der Waals surface area contributed by atoms with Gasteiger partial charge in [-0.3, -0.25) is 9.59 Å². The van der Waals surface area contributed by atoms with Crippen LogP contribution in [0.25, 0.3) is 0 Å². The number of piperazine rings is 1. The lowest BCUT2D eigenvalue weighted by atomic mass is 9.96. The van der Waals surface area contributed by atoms with E-state index in [1.165, 1.54) is 6.20 Å². The number of halogens is 6. The molecule has 1 amide bonds. The second kappa shape index (κ2) is 10.7. The first kappa shape index (κ1) is 26.9. The molecule has 4 rings (SSSR count). The Hall–Kier alpha value is -3.16. The molecule has 3 heterocycles. The van der Waals surface area contributed by atoms with Gasteiger partial charge < -0.3 is 19.5 Å². The van der Waals surface area contributed by atoms with E-state index in [2.05, 4.69) is 15.0 Å². The molecule has 8 nitrogen and oxygen atoms in total. The fraction of sp³-hybridized carbons (Fsp3) is 0.565. The average molecular weight is 533 g/mol. The summed E-state index contributed by atoms with van der Waals surface area (Å²) in [5, 5.41) is 0. The Kier molecular flexibility index (Phi) is 7.76. The zero-order chi connectivity index (χ0) is 26.8. The number of carbonyl (C=O) groups excluding carboxylic acids is 1. The molecule has 2 fully saturated rings. The van der Waals surface area contributed by atoms with Crippen molar-refractivity contribution < 1.29 is 35.9 Å². The summed E-state index contributed by atoms with van der Waals surface area (Å²) >= 11 is 0. The van der Waals surface area contributed by atoms with Crippen molar-refractivity contribution in [2.24, 2.45) is 0 Å². The van der Waals surface area contributed by atoms with Gasteiger partial charge >= 0.3 is 12.4 Å². The summed E-state index contributed by atoms with van der Waals surface area (Å²) < 4.78 is 83.3. The number of nitrogens with one attached hydrogen (secondary N) is 1. The second-order valence-electron chi connectivity index (χ2n) is 9.01. The van der Waals surface area contributed by atoms with Crippen LogP contribution in [0.5, 0.6) is 0 Å². The Morgan fingerprint density at radius 2 is 1.70 bits per heavy atom. The van der Waals surface area contributed by atoms with E-state index < -0.39 is 29.0 Å². The van der Waals surface area contributed by atoms with Crippen LogP contribution >= 0.6 is 0 Å². The van der Waals surface area contributed by atoms with Crippen molar-refractivity contribution in [2.75, 3.05) is 37.7 Å². The third-order valence-corrected chi connectivity index (χ3v) is 6.64. The largest absolute Gasteiger partial charge is 0.421 e. The average Bonchev–Trinajstić information content (AvgIpc) is 3.32. The van der Waals surface area contributed by atoms with Crippen molar-refractivity contribution >= 4 is 11.9 Å². The maximum absolute atomic E-state index is 13.1. The predicted molar refractivity (Wildman–Crippen MR) is 119 cm³/mol. The van der Waals surface area contributed by atoms with Crippen LogP contribution in [0, 0.1) is 0 Å². The zero-order valence-corrected chi connectivity index (χ0v) is 19.6. The van der Waals surface area contributed by atoms with E-state index in [9.17, 15) is 35.9 Å². The van der Waals surface area contributed by atoms with Crippen LogP contribution in [0.3, 0.4) is 0 Å². The first-order valence-corrected chi connectivity index (χ1v) is 11.8. The Bertz CT molecular complexity index is 1140. The molecule has 1 N–H and O–H groups in total. The van der Waals surface area contributed by atoms with Crippen LogP contribution in [0.4, 0.5) is 32.3 Å². The van der Waals surface area contributed by atoms with Gasteiger partial charge in [-0.1, -0.05) is 6.42 Å². The molecular formula is C23H25F6N5O3. The molecular weight excluding hydrogens is 508 g/mol. The number of alkyl halides is 6. The molecule has 1 unspecified atom stereocenters. The highest BCUT2D eigenvalue weighted by Gasteiger charge is 2.37. The van der Waals surface area contributed by atoms with Crippen LogP contribution in [-0.4, -0.2) is 64.6 Å². The van der Waals surface area contributed by atoms with E-state index in [1.807, 2.05) is 0 Å². The lowest BCUT2D eigenvalue weighted by Gasteiger charge is -2.35. The molecule has 1 aliphatic heterocycles. The summed E-state index contributed by atoms with van der Waals surface area (Å²) in [5.74, 6) is -0.321. The maximum Gasteiger partial charge on any atom is 0.421 e. The van der Waals surface area contributed by atoms with Crippen molar-refractivity contribution in [1.29, 1.82) is 0 Å². The SMILES string of the molecule is O=C(CCO[C@H]1CCCC1c1c[nH]c(=O)c(C(F)(F)F)c1)N1CCN(c2ncc(C(F)(F)F)cn2)CC1. The zero-order valence-electron chi connectivity index (χ0n) is 19.6. The topological polar surface area (TPSA) is 91.4 Å². The fourth-order valence-corrected chi connectivity index (χ4v) is 4.67. The van der Waals surface area contributed by atoms with Crippen LogP contribution in [-0.2, 0) is 21.9 Å². The molecule has 2 aromatic heterocycles. The molecule has 1 saturated carbocycles. The number of carbonyl (C=O) groups is 1. The maximum atomic E-state index is 13.1. The molecule has 0 spiro atoms. The molecule has 1 aliphatic carbocycles. The number of hydrogen-bond donors (Lipinski definition) is 1. The number of hydrogen-bond acceptors (Lipinski definition) is 6. The number of pyridine rings is 1. The molecule has 1 saturated heterocycles. The highest BCUT2D eigenvalue weighted by Crippen LogP contribution is 2.38. The first-order chi connectivity index (χ1) is 17.4. The van der Waals surface area contributed by atoms with Crippen molar-refractivity contribution in [3.63, 3.8) is 0 Å². The van der Waals surface area contributed by atoms with E-state index in [0.717, 1.165) is 24.9 Å². The monoisotopic (exact) mass is 533 g/mol. The van der Waals surface area contributed by atoms with Crippen molar-refractivity contribution in [1.82, 2.24) is 19.9 Å². The van der Waals surface area contributed by atoms with Crippen LogP contribution in [0.15, 0.2) is 29.5 Å². The van der Waals surface area contributed by atoms with Gasteiger partial charge in [0.1, 0.15) is 5.56 Å². The number of anilines is 1. The predicted octanol–water partition coefficient (Wildman–Crippen LogP) is 3.59. The minimum atomic E-state index is -4.76. The van der Waals surface area contributed by atoms with Gasteiger partial charge in [0.2, 0.25) is 11.9 Å². The number of aromatic amines is 1. The Balaban J connectivity index is 1.26. The van der Waals surface area contributed by atoms with Crippen LogP contribution < -0.4 is 10.5 Å². The van der Waals surface area contributed by atoms with Gasteiger partial charge in [-0.25, -0.2) is 9.97 Å². The quantitative estimate of drug-likeness (QED) is 0.571. The number of ether oxygens (including phenoxy) is 1. The molecule has 0 aromatic carbocycles. The second-order valence-corrected chi connectivity index (χ2v) is 9.01. The van der Waals surface area contributed by atoms with Gasteiger partial charge in [-0.2, -0.15) is 26.3 Å². The van der Waals surface area contributed by atoms with Gasteiger partial charge in [0.15, 0.2) is 0 Å². The van der Waals surface area contributed by atoms with Crippen molar-refractivity contribution in [3.8, 4) is 0 Å². The van der Waals surface area contributed by atoms with E-state index in [4.69, 9.17) is 4.74 Å². The molecule has 202 valence electrons.